The van der Waals surface area contributed by atoms with Crippen LogP contribution >= 0.6 is 0 Å². The molecule has 0 aliphatic carbocycles. The maximum atomic E-state index is 12.1. The van der Waals surface area contributed by atoms with Crippen LogP contribution in [-0.2, 0) is 9.59 Å². The predicted molar refractivity (Wildman–Crippen MR) is 93.7 cm³/mol. The number of amides is 2. The molecule has 4 nitrogen and oxygen atoms in total. The van der Waals surface area contributed by atoms with Crippen LogP contribution in [-0.4, -0.2) is 11.8 Å². The van der Waals surface area contributed by atoms with Gasteiger partial charge in [-0.3, -0.25) is 9.59 Å². The van der Waals surface area contributed by atoms with Gasteiger partial charge < -0.3 is 10.6 Å². The molecule has 0 saturated carbocycles. The standard InChI is InChI=1S/C19H22N2O2/c1-12-5-7-14(3)16(9-12)20-18(22)11-19(23)21-17-10-13(2)6-8-15(17)4/h5-10H,11H2,1-4H3,(H,20,22)(H,21,23). The second kappa shape index (κ2) is 7.09. The second-order valence-corrected chi connectivity index (χ2v) is 5.91. The van der Waals surface area contributed by atoms with Gasteiger partial charge in [-0.05, 0) is 62.1 Å². The summed E-state index contributed by atoms with van der Waals surface area (Å²) < 4.78 is 0. The van der Waals surface area contributed by atoms with Crippen LogP contribution in [0.1, 0.15) is 28.7 Å². The van der Waals surface area contributed by atoms with Gasteiger partial charge in [-0.1, -0.05) is 24.3 Å². The first-order chi connectivity index (χ1) is 10.8. The predicted octanol–water partition coefficient (Wildman–Crippen LogP) is 3.89. The SMILES string of the molecule is Cc1ccc(C)c(NC(=O)CC(=O)Nc2cc(C)ccc2C)c1. The lowest BCUT2D eigenvalue weighted by Gasteiger charge is -2.11. The van der Waals surface area contributed by atoms with Crippen molar-refractivity contribution in [3.63, 3.8) is 0 Å². The van der Waals surface area contributed by atoms with Gasteiger partial charge in [-0.2, -0.15) is 0 Å². The van der Waals surface area contributed by atoms with Crippen LogP contribution in [0.25, 0.3) is 0 Å². The molecule has 0 unspecified atom stereocenters. The minimum Gasteiger partial charge on any atom is -0.325 e. The maximum Gasteiger partial charge on any atom is 0.233 e. The zero-order chi connectivity index (χ0) is 17.0. The monoisotopic (exact) mass is 310 g/mol. The smallest absolute Gasteiger partial charge is 0.233 e. The minimum atomic E-state index is -0.318. The molecule has 2 amide bonds. The summed E-state index contributed by atoms with van der Waals surface area (Å²) in [5.74, 6) is -0.636. The Balaban J connectivity index is 1.98. The minimum absolute atomic E-state index is 0.208. The van der Waals surface area contributed by atoms with Gasteiger partial charge in [-0.25, -0.2) is 0 Å². The summed E-state index contributed by atoms with van der Waals surface area (Å²) in [7, 11) is 0. The third-order valence-corrected chi connectivity index (χ3v) is 3.66. The van der Waals surface area contributed by atoms with Crippen LogP contribution in [0.3, 0.4) is 0 Å². The van der Waals surface area contributed by atoms with Crippen LogP contribution in [0.4, 0.5) is 11.4 Å². The van der Waals surface area contributed by atoms with E-state index in [4.69, 9.17) is 0 Å². The Bertz CT molecular complexity index is 688. The Morgan fingerprint density at radius 2 is 1.13 bits per heavy atom. The summed E-state index contributed by atoms with van der Waals surface area (Å²) in [5.41, 5.74) is 5.55. The van der Waals surface area contributed by atoms with Gasteiger partial charge in [0.15, 0.2) is 0 Å². The van der Waals surface area contributed by atoms with Gasteiger partial charge in [0.1, 0.15) is 6.42 Å². The lowest BCUT2D eigenvalue weighted by atomic mass is 10.1. The molecule has 23 heavy (non-hydrogen) atoms. The molecule has 2 rings (SSSR count). The van der Waals surface area contributed by atoms with Crippen molar-refractivity contribution < 1.29 is 9.59 Å². The van der Waals surface area contributed by atoms with Gasteiger partial charge in [0.2, 0.25) is 11.8 Å². The van der Waals surface area contributed by atoms with E-state index in [-0.39, 0.29) is 18.2 Å². The molecular weight excluding hydrogens is 288 g/mol. The van der Waals surface area contributed by atoms with Crippen molar-refractivity contribution in [2.45, 2.75) is 34.1 Å². The van der Waals surface area contributed by atoms with Crippen LogP contribution in [0.2, 0.25) is 0 Å². The van der Waals surface area contributed by atoms with Crippen LogP contribution < -0.4 is 10.6 Å². The summed E-state index contributed by atoms with van der Waals surface area (Å²) in [6.45, 7) is 7.76. The van der Waals surface area contributed by atoms with Gasteiger partial charge in [0.25, 0.3) is 0 Å². The van der Waals surface area contributed by atoms with Crippen molar-refractivity contribution in [1.82, 2.24) is 0 Å². The van der Waals surface area contributed by atoms with Crippen molar-refractivity contribution in [2.75, 3.05) is 10.6 Å². The normalized spacial score (nSPS) is 10.3. The van der Waals surface area contributed by atoms with E-state index in [2.05, 4.69) is 10.6 Å². The molecule has 2 N–H and O–H groups in total. The average molecular weight is 310 g/mol. The fourth-order valence-corrected chi connectivity index (χ4v) is 2.28. The lowest BCUT2D eigenvalue weighted by Crippen LogP contribution is -2.22. The molecule has 0 aromatic heterocycles. The van der Waals surface area contributed by atoms with E-state index >= 15 is 0 Å². The fourth-order valence-electron chi connectivity index (χ4n) is 2.28. The molecule has 0 fully saturated rings. The number of nitrogens with one attached hydrogen (secondary N) is 2. The molecule has 0 atom stereocenters. The maximum absolute atomic E-state index is 12.1. The van der Waals surface area contributed by atoms with E-state index in [1.165, 1.54) is 0 Å². The largest absolute Gasteiger partial charge is 0.325 e. The fraction of sp³-hybridized carbons (Fsp3) is 0.263. The Morgan fingerprint density at radius 1 is 0.739 bits per heavy atom. The molecule has 0 aliphatic rings. The number of hydrogen-bond acceptors (Lipinski definition) is 2. The van der Waals surface area contributed by atoms with Crippen LogP contribution in [0, 0.1) is 27.7 Å². The second-order valence-electron chi connectivity index (χ2n) is 5.91. The highest BCUT2D eigenvalue weighted by molar-refractivity contribution is 6.08. The highest BCUT2D eigenvalue weighted by atomic mass is 16.2. The number of benzene rings is 2. The highest BCUT2D eigenvalue weighted by Gasteiger charge is 2.12. The zero-order valence-electron chi connectivity index (χ0n) is 14.0. The topological polar surface area (TPSA) is 58.2 Å². The lowest BCUT2D eigenvalue weighted by molar-refractivity contribution is -0.123. The average Bonchev–Trinajstić information content (AvgIpc) is 2.46. The number of anilines is 2. The van der Waals surface area contributed by atoms with E-state index in [1.807, 2.05) is 64.1 Å². The van der Waals surface area contributed by atoms with Crippen molar-refractivity contribution >= 4 is 23.2 Å². The quantitative estimate of drug-likeness (QED) is 0.842. The third-order valence-electron chi connectivity index (χ3n) is 3.66. The first kappa shape index (κ1) is 16.7. The first-order valence-electron chi connectivity index (χ1n) is 7.59. The number of rotatable bonds is 4. The molecule has 0 heterocycles. The van der Waals surface area contributed by atoms with E-state index in [0.717, 1.165) is 33.6 Å². The summed E-state index contributed by atoms with van der Waals surface area (Å²) in [6, 6.07) is 11.7. The van der Waals surface area contributed by atoms with E-state index in [1.54, 1.807) is 0 Å². The summed E-state index contributed by atoms with van der Waals surface area (Å²) in [6.07, 6.45) is -0.208. The molecule has 0 spiro atoms. The van der Waals surface area contributed by atoms with Crippen LogP contribution in [0.5, 0.6) is 0 Å². The first-order valence-corrected chi connectivity index (χ1v) is 7.59. The van der Waals surface area contributed by atoms with Gasteiger partial charge in [0.05, 0.1) is 0 Å². The van der Waals surface area contributed by atoms with E-state index in [0.29, 0.717) is 0 Å². The Labute approximate surface area is 136 Å². The van der Waals surface area contributed by atoms with Crippen LogP contribution in [0.15, 0.2) is 36.4 Å². The van der Waals surface area contributed by atoms with E-state index < -0.39 is 0 Å². The number of hydrogen-bond donors (Lipinski definition) is 2. The molecule has 0 bridgehead atoms. The zero-order valence-corrected chi connectivity index (χ0v) is 14.0. The molecule has 0 aliphatic heterocycles. The summed E-state index contributed by atoms with van der Waals surface area (Å²) >= 11 is 0. The molecule has 2 aromatic rings. The molecular formula is C19H22N2O2. The summed E-state index contributed by atoms with van der Waals surface area (Å²) in [4.78, 5) is 24.1. The highest BCUT2D eigenvalue weighted by Crippen LogP contribution is 2.18. The van der Waals surface area contributed by atoms with Gasteiger partial charge in [0, 0.05) is 11.4 Å². The van der Waals surface area contributed by atoms with Crippen molar-refractivity contribution in [3.05, 3.63) is 58.7 Å². The van der Waals surface area contributed by atoms with Crippen molar-refractivity contribution in [3.8, 4) is 0 Å². The van der Waals surface area contributed by atoms with E-state index in [9.17, 15) is 9.59 Å². The number of carbonyl (C=O) groups is 2. The third kappa shape index (κ3) is 4.68. The number of carbonyl (C=O) groups excluding carboxylic acids is 2. The molecule has 0 saturated heterocycles. The molecule has 120 valence electrons. The van der Waals surface area contributed by atoms with Crippen molar-refractivity contribution in [2.24, 2.45) is 0 Å². The molecule has 4 heteroatoms. The van der Waals surface area contributed by atoms with Gasteiger partial charge >= 0.3 is 0 Å². The Morgan fingerprint density at radius 3 is 1.52 bits per heavy atom. The molecule has 0 radical (unpaired) electrons. The Hall–Kier alpha value is -2.62. The number of aryl methyl sites for hydroxylation is 4. The van der Waals surface area contributed by atoms with Gasteiger partial charge in [-0.15, -0.1) is 0 Å². The summed E-state index contributed by atoms with van der Waals surface area (Å²) in [5, 5.41) is 5.59. The van der Waals surface area contributed by atoms with Crippen molar-refractivity contribution in [1.29, 1.82) is 0 Å². The Kier molecular flexibility index (Phi) is 5.16. The molecule has 2 aromatic carbocycles.